The van der Waals surface area contributed by atoms with Crippen LogP contribution in [0.3, 0.4) is 0 Å². The molecule has 1 unspecified atom stereocenters. The highest BCUT2D eigenvalue weighted by Crippen LogP contribution is 2.23. The minimum Gasteiger partial charge on any atom is -0.368 e. The van der Waals surface area contributed by atoms with E-state index in [1.165, 1.54) is 24.3 Å². The molecule has 0 spiro atoms. The molecule has 2 aromatic heterocycles. The maximum Gasteiger partial charge on any atom is 0.235 e. The number of rotatable bonds is 6. The Hall–Kier alpha value is -4.08. The molecule has 0 bridgehead atoms. The number of hydrogen-bond donors (Lipinski definition) is 4. The number of halogens is 2. The van der Waals surface area contributed by atoms with Crippen molar-refractivity contribution in [2.45, 2.75) is 13.0 Å². The minimum atomic E-state index is -0.313. The summed E-state index contributed by atoms with van der Waals surface area (Å²) in [6.07, 6.45) is 0. The Balaban J connectivity index is 1.49. The molecule has 30 heavy (non-hydrogen) atoms. The van der Waals surface area contributed by atoms with Crippen molar-refractivity contribution >= 4 is 23.7 Å². The summed E-state index contributed by atoms with van der Waals surface area (Å²) >= 11 is 0. The van der Waals surface area contributed by atoms with E-state index in [0.717, 1.165) is 11.1 Å². The van der Waals surface area contributed by atoms with Gasteiger partial charge in [0.05, 0.1) is 11.7 Å². The van der Waals surface area contributed by atoms with Crippen LogP contribution in [0.1, 0.15) is 18.5 Å². The molecule has 10 heteroatoms. The van der Waals surface area contributed by atoms with Gasteiger partial charge < -0.3 is 16.4 Å². The lowest BCUT2D eigenvalue weighted by molar-refractivity contribution is 0.626. The molecule has 5 N–H and O–H groups in total. The van der Waals surface area contributed by atoms with Crippen LogP contribution >= 0.6 is 0 Å². The lowest BCUT2D eigenvalue weighted by Crippen LogP contribution is -2.12. The number of H-pyrrole nitrogens is 1. The molecule has 2 heterocycles. The van der Waals surface area contributed by atoms with Crippen LogP contribution in [0.5, 0.6) is 0 Å². The Morgan fingerprint density at radius 1 is 0.900 bits per heavy atom. The Morgan fingerprint density at radius 2 is 1.53 bits per heavy atom. The van der Waals surface area contributed by atoms with Gasteiger partial charge in [-0.25, -0.2) is 8.78 Å². The molecule has 1 atom stereocenters. The van der Waals surface area contributed by atoms with Gasteiger partial charge in [0.1, 0.15) is 11.6 Å². The van der Waals surface area contributed by atoms with Crippen LogP contribution in [-0.4, -0.2) is 25.1 Å². The lowest BCUT2D eigenvalue weighted by Gasteiger charge is -2.14. The monoisotopic (exact) mass is 408 g/mol. The topological polar surface area (TPSA) is 117 Å². The highest BCUT2D eigenvalue weighted by molar-refractivity contribution is 5.64. The highest BCUT2D eigenvalue weighted by atomic mass is 19.1. The summed E-state index contributed by atoms with van der Waals surface area (Å²) in [6, 6.07) is 13.7. The second-order valence-corrected chi connectivity index (χ2v) is 6.56. The van der Waals surface area contributed by atoms with Gasteiger partial charge in [-0.05, 0) is 54.4 Å². The summed E-state index contributed by atoms with van der Waals surface area (Å²) in [7, 11) is 0. The fourth-order valence-corrected chi connectivity index (χ4v) is 2.82. The predicted molar refractivity (Wildman–Crippen MR) is 110 cm³/mol. The molecule has 0 fully saturated rings. The van der Waals surface area contributed by atoms with E-state index in [0.29, 0.717) is 11.5 Å². The molecule has 0 aliphatic carbocycles. The van der Waals surface area contributed by atoms with Gasteiger partial charge in [-0.3, -0.25) is 5.10 Å². The smallest absolute Gasteiger partial charge is 0.235 e. The molecule has 0 amide bonds. The predicted octanol–water partition coefficient (Wildman–Crippen LogP) is 4.04. The van der Waals surface area contributed by atoms with Crippen LogP contribution < -0.4 is 16.4 Å². The summed E-state index contributed by atoms with van der Waals surface area (Å²) in [5.74, 6) is 0.325. The second-order valence-electron chi connectivity index (χ2n) is 6.56. The zero-order chi connectivity index (χ0) is 21.1. The van der Waals surface area contributed by atoms with Crippen LogP contribution in [0.25, 0.3) is 11.3 Å². The number of nitrogens with one attached hydrogen (secondary N) is 3. The van der Waals surface area contributed by atoms with Crippen LogP contribution in [0.4, 0.5) is 32.4 Å². The van der Waals surface area contributed by atoms with Gasteiger partial charge >= 0.3 is 0 Å². The second kappa shape index (κ2) is 8.11. The van der Waals surface area contributed by atoms with Crippen molar-refractivity contribution in [1.82, 2.24) is 25.1 Å². The third kappa shape index (κ3) is 4.49. The van der Waals surface area contributed by atoms with E-state index in [1.807, 2.05) is 6.92 Å². The lowest BCUT2D eigenvalue weighted by atomic mass is 10.1. The summed E-state index contributed by atoms with van der Waals surface area (Å²) in [5, 5.41) is 13.1. The highest BCUT2D eigenvalue weighted by Gasteiger charge is 2.11. The Kier molecular flexibility index (Phi) is 5.21. The van der Waals surface area contributed by atoms with E-state index in [1.54, 1.807) is 30.3 Å². The van der Waals surface area contributed by atoms with Crippen LogP contribution in [-0.2, 0) is 0 Å². The average Bonchev–Trinajstić information content (AvgIpc) is 3.17. The first-order valence-corrected chi connectivity index (χ1v) is 9.08. The number of nitrogens with two attached hydrogens (primary N) is 1. The molecule has 4 aromatic rings. The van der Waals surface area contributed by atoms with Gasteiger partial charge in [-0.15, -0.1) is 0 Å². The molecule has 8 nitrogen and oxygen atoms in total. The molecular formula is C20H18F2N8. The zero-order valence-electron chi connectivity index (χ0n) is 15.9. The number of aromatic nitrogens is 5. The third-order valence-corrected chi connectivity index (χ3v) is 4.34. The fourth-order valence-electron chi connectivity index (χ4n) is 2.82. The van der Waals surface area contributed by atoms with Crippen LogP contribution in [0, 0.1) is 11.6 Å². The molecule has 152 valence electrons. The van der Waals surface area contributed by atoms with Gasteiger partial charge in [-0.2, -0.15) is 20.1 Å². The fraction of sp³-hybridized carbons (Fsp3) is 0.100. The van der Waals surface area contributed by atoms with Crippen molar-refractivity contribution in [2.75, 3.05) is 16.4 Å². The van der Waals surface area contributed by atoms with E-state index >= 15 is 0 Å². The van der Waals surface area contributed by atoms with E-state index < -0.39 is 0 Å². The summed E-state index contributed by atoms with van der Waals surface area (Å²) < 4.78 is 26.2. The van der Waals surface area contributed by atoms with E-state index in [4.69, 9.17) is 5.73 Å². The molecule has 0 aliphatic heterocycles. The van der Waals surface area contributed by atoms with Crippen LogP contribution in [0.2, 0.25) is 0 Å². The van der Waals surface area contributed by atoms with Crippen molar-refractivity contribution in [3.63, 3.8) is 0 Å². The van der Waals surface area contributed by atoms with E-state index in [9.17, 15) is 8.78 Å². The quantitative estimate of drug-likeness (QED) is 0.380. The maximum atomic E-state index is 13.1. The molecule has 0 aliphatic rings. The largest absolute Gasteiger partial charge is 0.368 e. The first-order chi connectivity index (χ1) is 14.5. The molecular weight excluding hydrogens is 390 g/mol. The van der Waals surface area contributed by atoms with E-state index in [2.05, 4.69) is 35.8 Å². The maximum absolute atomic E-state index is 13.1. The van der Waals surface area contributed by atoms with Crippen molar-refractivity contribution in [1.29, 1.82) is 0 Å². The number of nitrogen functional groups attached to an aromatic ring is 1. The normalized spacial score (nSPS) is 11.8. The zero-order valence-corrected chi connectivity index (χ0v) is 15.9. The number of aromatic amines is 1. The van der Waals surface area contributed by atoms with Crippen molar-refractivity contribution < 1.29 is 8.78 Å². The Labute approximate surface area is 170 Å². The average molecular weight is 408 g/mol. The number of hydrogen-bond acceptors (Lipinski definition) is 7. The van der Waals surface area contributed by atoms with Gasteiger partial charge in [0.15, 0.2) is 5.82 Å². The summed E-state index contributed by atoms with van der Waals surface area (Å²) in [6.45, 7) is 1.89. The number of benzene rings is 2. The van der Waals surface area contributed by atoms with Gasteiger partial charge in [0, 0.05) is 6.07 Å². The molecule has 0 saturated heterocycles. The van der Waals surface area contributed by atoms with Crippen LogP contribution in [0.15, 0.2) is 54.6 Å². The molecule has 0 saturated carbocycles. The summed E-state index contributed by atoms with van der Waals surface area (Å²) in [5.41, 5.74) is 8.14. The molecule has 2 aromatic carbocycles. The van der Waals surface area contributed by atoms with Crippen molar-refractivity contribution in [3.05, 3.63) is 71.8 Å². The molecule has 0 radical (unpaired) electrons. The van der Waals surface area contributed by atoms with E-state index in [-0.39, 0.29) is 35.5 Å². The number of nitrogens with zero attached hydrogens (tertiary/aromatic N) is 4. The third-order valence-electron chi connectivity index (χ3n) is 4.34. The Morgan fingerprint density at radius 3 is 2.23 bits per heavy atom. The van der Waals surface area contributed by atoms with Gasteiger partial charge in [0.25, 0.3) is 0 Å². The first kappa shape index (κ1) is 19.2. The molecule has 4 rings (SSSR count). The van der Waals surface area contributed by atoms with Crippen molar-refractivity contribution in [3.8, 4) is 11.3 Å². The number of anilines is 4. The standard InChI is InChI=1S/C20H18F2N8/c1-11(12-2-6-14(21)7-3-12)24-19-26-18(23)27-20(28-19)25-17-10-16(29-30-17)13-4-8-15(22)9-5-13/h2-11H,1H3,(H5,23,24,25,26,27,28,29,30). The van der Waals surface area contributed by atoms with Gasteiger partial charge in [0.2, 0.25) is 17.8 Å². The van der Waals surface area contributed by atoms with Crippen molar-refractivity contribution in [2.24, 2.45) is 0 Å². The Bertz CT molecular complexity index is 1140. The summed E-state index contributed by atoms with van der Waals surface area (Å²) in [4.78, 5) is 12.5. The van der Waals surface area contributed by atoms with Gasteiger partial charge in [-0.1, -0.05) is 12.1 Å². The SMILES string of the molecule is CC(Nc1nc(N)nc(Nc2cc(-c3ccc(F)cc3)[nH]n2)n1)c1ccc(F)cc1. The first-order valence-electron chi connectivity index (χ1n) is 9.08. The minimum absolute atomic E-state index is 0.0237.